The van der Waals surface area contributed by atoms with E-state index in [1.807, 2.05) is 0 Å². The van der Waals surface area contributed by atoms with Crippen LogP contribution < -0.4 is 4.74 Å². The van der Waals surface area contributed by atoms with Crippen LogP contribution in [0, 0.1) is 12.7 Å². The van der Waals surface area contributed by atoms with Gasteiger partial charge >= 0.3 is 0 Å². The Morgan fingerprint density at radius 1 is 1.37 bits per heavy atom. The number of rotatable bonds is 6. The first-order valence-electron chi connectivity index (χ1n) is 6.29. The third kappa shape index (κ3) is 3.68. The molecular weight excluding hydrogens is 315 g/mol. The van der Waals surface area contributed by atoms with E-state index in [9.17, 15) is 4.39 Å². The molecular formula is C14H18BrFO3. The maximum atomic E-state index is 13.4. The van der Waals surface area contributed by atoms with Gasteiger partial charge in [0, 0.05) is 24.4 Å². The van der Waals surface area contributed by atoms with Gasteiger partial charge in [-0.2, -0.15) is 0 Å². The lowest BCUT2D eigenvalue weighted by atomic mass is 9.91. The normalized spacial score (nSPS) is 26.0. The van der Waals surface area contributed by atoms with Crippen LogP contribution in [-0.2, 0) is 9.47 Å². The number of hydrogen-bond acceptors (Lipinski definition) is 3. The van der Waals surface area contributed by atoms with E-state index in [1.165, 1.54) is 6.07 Å². The van der Waals surface area contributed by atoms with Crippen LogP contribution in [0.3, 0.4) is 0 Å². The van der Waals surface area contributed by atoms with Gasteiger partial charge in [-0.1, -0.05) is 22.0 Å². The van der Waals surface area contributed by atoms with Crippen molar-refractivity contribution in [2.24, 2.45) is 0 Å². The second-order valence-corrected chi connectivity index (χ2v) is 5.82. The summed E-state index contributed by atoms with van der Waals surface area (Å²) < 4.78 is 29.8. The third-order valence-corrected chi connectivity index (χ3v) is 4.10. The van der Waals surface area contributed by atoms with E-state index in [0.717, 1.165) is 6.42 Å². The molecule has 0 aliphatic heterocycles. The van der Waals surface area contributed by atoms with Gasteiger partial charge in [0.2, 0.25) is 0 Å². The first-order valence-corrected chi connectivity index (χ1v) is 7.21. The summed E-state index contributed by atoms with van der Waals surface area (Å²) in [7, 11) is 1.64. The number of ether oxygens (including phenoxy) is 3. The molecule has 106 valence electrons. The standard InChI is InChI=1S/C14H18BrFO3/c1-9-3-4-10(7-12(9)16)19-13-8-11(15)14(13)18-6-5-17-2/h3-4,7,11,13-14H,5-6,8H2,1-2H3. The van der Waals surface area contributed by atoms with E-state index in [1.54, 1.807) is 26.2 Å². The molecule has 0 aromatic heterocycles. The molecule has 3 nitrogen and oxygen atoms in total. The van der Waals surface area contributed by atoms with Crippen LogP contribution in [0.15, 0.2) is 18.2 Å². The van der Waals surface area contributed by atoms with E-state index in [-0.39, 0.29) is 22.9 Å². The van der Waals surface area contributed by atoms with E-state index in [0.29, 0.717) is 24.5 Å². The van der Waals surface area contributed by atoms with Gasteiger partial charge in [-0.3, -0.25) is 0 Å². The van der Waals surface area contributed by atoms with Gasteiger partial charge in [-0.25, -0.2) is 4.39 Å². The van der Waals surface area contributed by atoms with Crippen LogP contribution in [0.1, 0.15) is 12.0 Å². The summed E-state index contributed by atoms with van der Waals surface area (Å²) in [6.45, 7) is 2.82. The molecule has 1 saturated carbocycles. The van der Waals surface area contributed by atoms with Crippen LogP contribution >= 0.6 is 15.9 Å². The molecule has 0 N–H and O–H groups in total. The molecule has 1 aliphatic rings. The number of methoxy groups -OCH3 is 1. The fourth-order valence-electron chi connectivity index (χ4n) is 1.94. The summed E-state index contributed by atoms with van der Waals surface area (Å²) in [5, 5.41) is 0. The molecule has 3 unspecified atom stereocenters. The average Bonchev–Trinajstić information content (AvgIpc) is 2.38. The monoisotopic (exact) mass is 332 g/mol. The molecule has 3 atom stereocenters. The number of hydrogen-bond donors (Lipinski definition) is 0. The van der Waals surface area contributed by atoms with Crippen molar-refractivity contribution in [1.82, 2.24) is 0 Å². The fourth-order valence-corrected chi connectivity index (χ4v) is 2.80. The molecule has 0 amide bonds. The lowest BCUT2D eigenvalue weighted by Gasteiger charge is -2.40. The second kappa shape index (κ2) is 6.68. The van der Waals surface area contributed by atoms with Gasteiger partial charge in [-0.15, -0.1) is 0 Å². The average molecular weight is 333 g/mol. The summed E-state index contributed by atoms with van der Waals surface area (Å²) in [5.41, 5.74) is 0.618. The SMILES string of the molecule is COCCOC1C(Br)CC1Oc1ccc(C)c(F)c1. The highest BCUT2D eigenvalue weighted by molar-refractivity contribution is 9.09. The molecule has 19 heavy (non-hydrogen) atoms. The zero-order valence-electron chi connectivity index (χ0n) is 11.1. The summed E-state index contributed by atoms with van der Waals surface area (Å²) in [6, 6.07) is 4.92. The number of benzene rings is 1. The zero-order valence-corrected chi connectivity index (χ0v) is 12.7. The lowest BCUT2D eigenvalue weighted by Crippen LogP contribution is -2.52. The van der Waals surface area contributed by atoms with E-state index in [4.69, 9.17) is 14.2 Å². The molecule has 0 heterocycles. The molecule has 0 spiro atoms. The Kier molecular flexibility index (Phi) is 5.19. The van der Waals surface area contributed by atoms with Crippen LogP contribution in [0.4, 0.5) is 4.39 Å². The highest BCUT2D eigenvalue weighted by atomic mass is 79.9. The summed E-state index contributed by atoms with van der Waals surface area (Å²) >= 11 is 3.54. The number of aryl methyl sites for hydroxylation is 1. The predicted octanol–water partition coefficient (Wildman–Crippen LogP) is 3.08. The molecule has 0 bridgehead atoms. The minimum absolute atomic E-state index is 0.0143. The highest BCUT2D eigenvalue weighted by Crippen LogP contribution is 2.34. The summed E-state index contributed by atoms with van der Waals surface area (Å²) in [5.74, 6) is 0.303. The van der Waals surface area contributed by atoms with Crippen LogP contribution in [-0.4, -0.2) is 37.4 Å². The van der Waals surface area contributed by atoms with Crippen molar-refractivity contribution < 1.29 is 18.6 Å². The molecule has 0 radical (unpaired) electrons. The van der Waals surface area contributed by atoms with Crippen molar-refractivity contribution >= 4 is 15.9 Å². The molecule has 1 aromatic carbocycles. The largest absolute Gasteiger partial charge is 0.488 e. The summed E-state index contributed by atoms with van der Waals surface area (Å²) in [6.07, 6.45) is 0.801. The molecule has 1 aromatic rings. The minimum atomic E-state index is -0.246. The molecule has 2 rings (SSSR count). The van der Waals surface area contributed by atoms with Crippen LogP contribution in [0.5, 0.6) is 5.75 Å². The maximum absolute atomic E-state index is 13.4. The van der Waals surface area contributed by atoms with Gasteiger partial charge in [-0.05, 0) is 18.6 Å². The molecule has 5 heteroatoms. The Hall–Kier alpha value is -0.650. The highest BCUT2D eigenvalue weighted by Gasteiger charge is 2.42. The first kappa shape index (κ1) is 14.8. The maximum Gasteiger partial charge on any atom is 0.129 e. The first-order chi connectivity index (χ1) is 9.11. The van der Waals surface area contributed by atoms with E-state index < -0.39 is 0 Å². The Morgan fingerprint density at radius 2 is 2.16 bits per heavy atom. The Morgan fingerprint density at radius 3 is 2.79 bits per heavy atom. The van der Waals surface area contributed by atoms with Crippen LogP contribution in [0.2, 0.25) is 0 Å². The zero-order chi connectivity index (χ0) is 13.8. The lowest BCUT2D eigenvalue weighted by molar-refractivity contribution is -0.0866. The summed E-state index contributed by atoms with van der Waals surface area (Å²) in [4.78, 5) is 0.282. The van der Waals surface area contributed by atoms with E-state index >= 15 is 0 Å². The van der Waals surface area contributed by atoms with Crippen LogP contribution in [0.25, 0.3) is 0 Å². The molecule has 1 fully saturated rings. The van der Waals surface area contributed by atoms with Crippen molar-refractivity contribution in [2.75, 3.05) is 20.3 Å². The Balaban J connectivity index is 1.89. The molecule has 0 saturated heterocycles. The fraction of sp³-hybridized carbons (Fsp3) is 0.571. The smallest absolute Gasteiger partial charge is 0.129 e. The van der Waals surface area contributed by atoms with Crippen molar-refractivity contribution in [3.05, 3.63) is 29.6 Å². The molecule has 1 aliphatic carbocycles. The Labute approximate surface area is 121 Å². The topological polar surface area (TPSA) is 27.7 Å². The van der Waals surface area contributed by atoms with Crippen molar-refractivity contribution in [1.29, 1.82) is 0 Å². The Bertz CT molecular complexity index is 427. The predicted molar refractivity (Wildman–Crippen MR) is 74.5 cm³/mol. The quantitative estimate of drug-likeness (QED) is 0.592. The van der Waals surface area contributed by atoms with Gasteiger partial charge in [0.1, 0.15) is 23.8 Å². The number of halogens is 2. The van der Waals surface area contributed by atoms with Gasteiger partial charge < -0.3 is 14.2 Å². The number of alkyl halides is 1. The third-order valence-electron chi connectivity index (χ3n) is 3.21. The van der Waals surface area contributed by atoms with Gasteiger partial charge in [0.25, 0.3) is 0 Å². The second-order valence-electron chi connectivity index (χ2n) is 4.65. The minimum Gasteiger partial charge on any atom is -0.488 e. The van der Waals surface area contributed by atoms with Gasteiger partial charge in [0.15, 0.2) is 0 Å². The van der Waals surface area contributed by atoms with E-state index in [2.05, 4.69) is 15.9 Å². The van der Waals surface area contributed by atoms with Gasteiger partial charge in [0.05, 0.1) is 13.2 Å². The van der Waals surface area contributed by atoms with Crippen molar-refractivity contribution in [3.8, 4) is 5.75 Å². The van der Waals surface area contributed by atoms with Crippen molar-refractivity contribution in [3.63, 3.8) is 0 Å². The van der Waals surface area contributed by atoms with Crippen molar-refractivity contribution in [2.45, 2.75) is 30.4 Å².